The van der Waals surface area contributed by atoms with E-state index in [1.807, 2.05) is 13.8 Å². The Balaban J connectivity index is 3.31. The molecule has 0 rings (SSSR count). The maximum Gasteiger partial charge on any atom is 0.279 e. The fraction of sp³-hybridized carbons (Fsp3) is 0.800. The largest absolute Gasteiger partial charge is 0.347 e. The Morgan fingerprint density at radius 3 is 1.56 bits per heavy atom. The van der Waals surface area contributed by atoms with Gasteiger partial charge in [0.25, 0.3) is 10.5 Å². The molecule has 0 aliphatic carbocycles. The smallest absolute Gasteiger partial charge is 0.279 e. The fourth-order valence-electron chi connectivity index (χ4n) is 0.825. The standard InChI is InChI=1S/C10H20N2O2S2/c1-3-5-11-9(13)15-7-8-16-10(14)12-6-4-2/h3-8H2,1-2H3,(H,11,13)(H,12,14). The Bertz CT molecular complexity index is 191. The van der Waals surface area contributed by atoms with Gasteiger partial charge in [-0.15, -0.1) is 0 Å². The first-order valence-electron chi connectivity index (χ1n) is 5.52. The first kappa shape index (κ1) is 15.6. The highest BCUT2D eigenvalue weighted by Gasteiger charge is 2.03. The maximum atomic E-state index is 11.2. The lowest BCUT2D eigenvalue weighted by Gasteiger charge is -2.03. The van der Waals surface area contributed by atoms with Gasteiger partial charge in [-0.3, -0.25) is 9.59 Å². The summed E-state index contributed by atoms with van der Waals surface area (Å²) < 4.78 is 0. The summed E-state index contributed by atoms with van der Waals surface area (Å²) in [5.41, 5.74) is 0. The molecule has 0 aromatic carbocycles. The third-order valence-corrected chi connectivity index (χ3v) is 3.48. The van der Waals surface area contributed by atoms with Gasteiger partial charge in [0.15, 0.2) is 0 Å². The Morgan fingerprint density at radius 1 is 0.875 bits per heavy atom. The summed E-state index contributed by atoms with van der Waals surface area (Å²) in [7, 11) is 0. The zero-order valence-electron chi connectivity index (χ0n) is 9.88. The van der Waals surface area contributed by atoms with Crippen LogP contribution in [0.25, 0.3) is 0 Å². The number of hydrogen-bond acceptors (Lipinski definition) is 4. The Kier molecular flexibility index (Phi) is 10.9. The van der Waals surface area contributed by atoms with Crippen LogP contribution in [-0.4, -0.2) is 35.1 Å². The zero-order chi connectivity index (χ0) is 12.2. The SMILES string of the molecule is CCCNC(=O)SCCSC(=O)NCCC. The number of amides is 2. The third kappa shape index (κ3) is 10.2. The molecule has 16 heavy (non-hydrogen) atoms. The highest BCUT2D eigenvalue weighted by atomic mass is 32.2. The van der Waals surface area contributed by atoms with Crippen molar-refractivity contribution in [3.8, 4) is 0 Å². The molecule has 0 fully saturated rings. The van der Waals surface area contributed by atoms with Crippen LogP contribution in [0, 0.1) is 0 Å². The molecule has 0 atom stereocenters. The topological polar surface area (TPSA) is 58.2 Å². The summed E-state index contributed by atoms with van der Waals surface area (Å²) in [6.45, 7) is 5.46. The molecule has 0 radical (unpaired) electrons. The summed E-state index contributed by atoms with van der Waals surface area (Å²) in [5, 5.41) is 5.53. The fourth-order valence-corrected chi connectivity index (χ4v) is 2.27. The van der Waals surface area contributed by atoms with Crippen LogP contribution >= 0.6 is 23.5 Å². The molecule has 0 heterocycles. The number of carbonyl (C=O) groups is 2. The van der Waals surface area contributed by atoms with Gasteiger partial charge in [0, 0.05) is 24.6 Å². The van der Waals surface area contributed by atoms with E-state index in [1.165, 1.54) is 23.5 Å². The van der Waals surface area contributed by atoms with Crippen LogP contribution in [0.3, 0.4) is 0 Å². The van der Waals surface area contributed by atoms with Crippen molar-refractivity contribution < 1.29 is 9.59 Å². The van der Waals surface area contributed by atoms with Gasteiger partial charge in [-0.1, -0.05) is 37.4 Å². The molecule has 2 amide bonds. The molecule has 94 valence electrons. The van der Waals surface area contributed by atoms with Crippen LogP contribution in [0.2, 0.25) is 0 Å². The molecular formula is C10H20N2O2S2. The van der Waals surface area contributed by atoms with Crippen molar-refractivity contribution in [2.24, 2.45) is 0 Å². The van der Waals surface area contributed by atoms with Crippen LogP contribution in [0.15, 0.2) is 0 Å². The summed E-state index contributed by atoms with van der Waals surface area (Å²) in [6.07, 6.45) is 1.89. The molecule has 6 heteroatoms. The van der Waals surface area contributed by atoms with Crippen molar-refractivity contribution in [1.82, 2.24) is 10.6 Å². The van der Waals surface area contributed by atoms with Crippen molar-refractivity contribution in [2.75, 3.05) is 24.6 Å². The summed E-state index contributed by atoms with van der Waals surface area (Å²) >= 11 is 2.46. The van der Waals surface area contributed by atoms with E-state index in [2.05, 4.69) is 10.6 Å². The second-order valence-corrected chi connectivity index (χ2v) is 5.26. The highest BCUT2D eigenvalue weighted by molar-refractivity contribution is 8.16. The number of carbonyl (C=O) groups excluding carboxylic acids is 2. The van der Waals surface area contributed by atoms with Gasteiger partial charge in [-0.05, 0) is 12.8 Å². The molecule has 4 nitrogen and oxygen atoms in total. The second-order valence-electron chi connectivity index (χ2n) is 3.13. The zero-order valence-corrected chi connectivity index (χ0v) is 11.5. The van der Waals surface area contributed by atoms with E-state index in [0.29, 0.717) is 11.5 Å². The van der Waals surface area contributed by atoms with Gasteiger partial charge < -0.3 is 10.6 Å². The number of hydrogen-bond donors (Lipinski definition) is 2. The highest BCUT2D eigenvalue weighted by Crippen LogP contribution is 2.08. The average molecular weight is 264 g/mol. The first-order valence-corrected chi connectivity index (χ1v) is 7.49. The van der Waals surface area contributed by atoms with Gasteiger partial charge in [-0.2, -0.15) is 0 Å². The van der Waals surface area contributed by atoms with Crippen LogP contribution in [-0.2, 0) is 0 Å². The van der Waals surface area contributed by atoms with E-state index in [-0.39, 0.29) is 10.5 Å². The Labute approximate surface area is 106 Å². The molecule has 0 saturated carbocycles. The monoisotopic (exact) mass is 264 g/mol. The summed E-state index contributed by atoms with van der Waals surface area (Å²) in [5.74, 6) is 1.33. The molecule has 0 bridgehead atoms. The minimum absolute atomic E-state index is 0.00332. The van der Waals surface area contributed by atoms with Gasteiger partial charge in [0.2, 0.25) is 0 Å². The quantitative estimate of drug-likeness (QED) is 0.694. The molecule has 2 N–H and O–H groups in total. The first-order chi connectivity index (χ1) is 7.70. The van der Waals surface area contributed by atoms with E-state index in [9.17, 15) is 9.59 Å². The summed E-state index contributed by atoms with van der Waals surface area (Å²) in [6, 6.07) is 0. The molecule has 0 spiro atoms. The Hall–Kier alpha value is -0.360. The van der Waals surface area contributed by atoms with Crippen LogP contribution in [0.1, 0.15) is 26.7 Å². The summed E-state index contributed by atoms with van der Waals surface area (Å²) in [4.78, 5) is 22.3. The normalized spacial score (nSPS) is 9.88. The van der Waals surface area contributed by atoms with E-state index in [1.54, 1.807) is 0 Å². The van der Waals surface area contributed by atoms with E-state index in [0.717, 1.165) is 25.9 Å². The average Bonchev–Trinajstić information content (AvgIpc) is 2.29. The predicted molar refractivity (Wildman–Crippen MR) is 72.3 cm³/mol. The lowest BCUT2D eigenvalue weighted by molar-refractivity contribution is 0.260. The van der Waals surface area contributed by atoms with E-state index in [4.69, 9.17) is 0 Å². The lowest BCUT2D eigenvalue weighted by atomic mass is 10.5. The lowest BCUT2D eigenvalue weighted by Crippen LogP contribution is -2.21. The molecular weight excluding hydrogens is 244 g/mol. The third-order valence-electron chi connectivity index (χ3n) is 1.59. The molecule has 0 aliphatic rings. The van der Waals surface area contributed by atoms with Gasteiger partial charge in [0.05, 0.1) is 0 Å². The predicted octanol–water partition coefficient (Wildman–Crippen LogP) is 2.69. The molecule has 0 aromatic heterocycles. The van der Waals surface area contributed by atoms with Crippen LogP contribution in [0.4, 0.5) is 9.59 Å². The van der Waals surface area contributed by atoms with Gasteiger partial charge in [-0.25, -0.2) is 0 Å². The van der Waals surface area contributed by atoms with Crippen molar-refractivity contribution in [3.63, 3.8) is 0 Å². The van der Waals surface area contributed by atoms with E-state index >= 15 is 0 Å². The van der Waals surface area contributed by atoms with Gasteiger partial charge >= 0.3 is 0 Å². The van der Waals surface area contributed by atoms with Crippen LogP contribution < -0.4 is 10.6 Å². The molecule has 0 aliphatic heterocycles. The molecule has 0 aromatic rings. The maximum absolute atomic E-state index is 11.2. The van der Waals surface area contributed by atoms with Crippen molar-refractivity contribution in [1.29, 1.82) is 0 Å². The van der Waals surface area contributed by atoms with E-state index < -0.39 is 0 Å². The van der Waals surface area contributed by atoms with Gasteiger partial charge in [0.1, 0.15) is 0 Å². The minimum atomic E-state index is -0.00332. The second kappa shape index (κ2) is 11.1. The number of nitrogens with one attached hydrogen (secondary N) is 2. The minimum Gasteiger partial charge on any atom is -0.347 e. The number of rotatable bonds is 7. The van der Waals surface area contributed by atoms with Crippen molar-refractivity contribution >= 4 is 34.0 Å². The molecule has 0 saturated heterocycles. The van der Waals surface area contributed by atoms with Crippen molar-refractivity contribution in [3.05, 3.63) is 0 Å². The Morgan fingerprint density at radius 2 is 1.25 bits per heavy atom. The molecule has 0 unspecified atom stereocenters. The number of thioether (sulfide) groups is 2. The van der Waals surface area contributed by atoms with Crippen molar-refractivity contribution in [2.45, 2.75) is 26.7 Å². The van der Waals surface area contributed by atoms with Crippen LogP contribution in [0.5, 0.6) is 0 Å².